The number of fused-ring (bicyclic) bond motifs is 2. The van der Waals surface area contributed by atoms with E-state index in [-0.39, 0.29) is 5.91 Å². The lowest BCUT2D eigenvalue weighted by atomic mass is 9.61. The van der Waals surface area contributed by atoms with Crippen molar-refractivity contribution in [3.05, 3.63) is 90.0 Å². The van der Waals surface area contributed by atoms with Gasteiger partial charge in [0, 0.05) is 12.6 Å². The van der Waals surface area contributed by atoms with Crippen LogP contribution in [-0.4, -0.2) is 24.4 Å². The van der Waals surface area contributed by atoms with Gasteiger partial charge in [-0.1, -0.05) is 60.7 Å². The molecule has 3 fully saturated rings. The predicted molar refractivity (Wildman–Crippen MR) is 150 cm³/mol. The summed E-state index contributed by atoms with van der Waals surface area (Å²) < 4.78 is 0. The van der Waals surface area contributed by atoms with Crippen LogP contribution in [0.3, 0.4) is 0 Å². The molecule has 0 spiro atoms. The van der Waals surface area contributed by atoms with E-state index < -0.39 is 0 Å². The highest BCUT2D eigenvalue weighted by molar-refractivity contribution is 6.04. The number of hydrogen-bond acceptors (Lipinski definition) is 3. The lowest BCUT2D eigenvalue weighted by Crippen LogP contribution is -2.35. The largest absolute Gasteiger partial charge is 0.397 e. The molecule has 3 aromatic carbocycles. The maximum absolute atomic E-state index is 12.6. The van der Waals surface area contributed by atoms with Gasteiger partial charge in [-0.15, -0.1) is 0 Å². The van der Waals surface area contributed by atoms with E-state index in [0.29, 0.717) is 11.4 Å². The SMILES string of the molecule is CN(CCC1CC2CC(C1)C2)Cc1ccc(/C=C/C(=O)Nc2cc(-c3ccccc3)ccc2N)cc1. The summed E-state index contributed by atoms with van der Waals surface area (Å²) in [6, 6.07) is 24.2. The van der Waals surface area contributed by atoms with Crippen LogP contribution in [0.25, 0.3) is 17.2 Å². The van der Waals surface area contributed by atoms with Gasteiger partial charge in [0.15, 0.2) is 0 Å². The van der Waals surface area contributed by atoms with Crippen molar-refractivity contribution in [3.8, 4) is 11.1 Å². The number of anilines is 2. The van der Waals surface area contributed by atoms with E-state index in [1.54, 1.807) is 6.08 Å². The van der Waals surface area contributed by atoms with Crippen molar-refractivity contribution >= 4 is 23.4 Å². The zero-order valence-electron chi connectivity index (χ0n) is 21.2. The molecule has 2 bridgehead atoms. The second kappa shape index (κ2) is 11.1. The summed E-state index contributed by atoms with van der Waals surface area (Å²) in [5.41, 5.74) is 11.7. The van der Waals surface area contributed by atoms with Crippen LogP contribution in [0.15, 0.2) is 78.9 Å². The molecule has 3 aromatic rings. The Bertz CT molecular complexity index is 1190. The first kappa shape index (κ1) is 24.3. The van der Waals surface area contributed by atoms with Gasteiger partial charge in [0.2, 0.25) is 5.91 Å². The maximum Gasteiger partial charge on any atom is 0.248 e. The summed E-state index contributed by atoms with van der Waals surface area (Å²) in [5.74, 6) is 2.83. The van der Waals surface area contributed by atoms with Gasteiger partial charge in [0.05, 0.1) is 11.4 Å². The fourth-order valence-electron chi connectivity index (χ4n) is 5.88. The number of amides is 1. The third-order valence-corrected chi connectivity index (χ3v) is 7.86. The van der Waals surface area contributed by atoms with Gasteiger partial charge in [0.25, 0.3) is 0 Å². The summed E-state index contributed by atoms with van der Waals surface area (Å²) >= 11 is 0. The Labute approximate surface area is 215 Å². The van der Waals surface area contributed by atoms with Crippen LogP contribution >= 0.6 is 0 Å². The third kappa shape index (κ3) is 6.24. The molecule has 0 aliphatic heterocycles. The minimum Gasteiger partial charge on any atom is -0.397 e. The molecule has 36 heavy (non-hydrogen) atoms. The highest BCUT2D eigenvalue weighted by Crippen LogP contribution is 2.48. The van der Waals surface area contributed by atoms with Gasteiger partial charge in [0.1, 0.15) is 0 Å². The summed E-state index contributed by atoms with van der Waals surface area (Å²) in [6.45, 7) is 2.13. The molecule has 0 saturated heterocycles. The zero-order valence-corrected chi connectivity index (χ0v) is 21.2. The highest BCUT2D eigenvalue weighted by Gasteiger charge is 2.37. The summed E-state index contributed by atoms with van der Waals surface area (Å²) in [6.07, 6.45) is 10.7. The van der Waals surface area contributed by atoms with E-state index in [9.17, 15) is 4.79 Å². The molecule has 3 aliphatic rings. The van der Waals surface area contributed by atoms with Crippen molar-refractivity contribution in [1.82, 2.24) is 4.90 Å². The molecule has 6 rings (SSSR count). The van der Waals surface area contributed by atoms with Crippen LogP contribution in [-0.2, 0) is 11.3 Å². The first-order chi connectivity index (χ1) is 17.5. The molecule has 3 N–H and O–H groups in total. The van der Waals surface area contributed by atoms with Crippen molar-refractivity contribution < 1.29 is 4.79 Å². The van der Waals surface area contributed by atoms with Gasteiger partial charge in [-0.25, -0.2) is 0 Å². The van der Waals surface area contributed by atoms with Crippen molar-refractivity contribution in [2.24, 2.45) is 17.8 Å². The number of nitrogens with one attached hydrogen (secondary N) is 1. The highest BCUT2D eigenvalue weighted by atomic mass is 16.1. The van der Waals surface area contributed by atoms with Crippen molar-refractivity contribution in [1.29, 1.82) is 0 Å². The Kier molecular flexibility index (Phi) is 7.52. The molecule has 4 heteroatoms. The second-order valence-corrected chi connectivity index (χ2v) is 10.8. The number of rotatable bonds is 9. The number of nitrogens with two attached hydrogens (primary N) is 1. The van der Waals surface area contributed by atoms with Crippen LogP contribution in [0.4, 0.5) is 11.4 Å². The van der Waals surface area contributed by atoms with Gasteiger partial charge in [-0.3, -0.25) is 4.79 Å². The van der Waals surface area contributed by atoms with Gasteiger partial charge in [-0.05, 0) is 104 Å². The van der Waals surface area contributed by atoms with Crippen LogP contribution in [0.5, 0.6) is 0 Å². The van der Waals surface area contributed by atoms with Crippen LogP contribution in [0, 0.1) is 17.8 Å². The number of nitrogens with zero attached hydrogens (tertiary/aromatic N) is 1. The van der Waals surface area contributed by atoms with Crippen molar-refractivity contribution in [2.75, 3.05) is 24.6 Å². The molecule has 3 saturated carbocycles. The summed E-state index contributed by atoms with van der Waals surface area (Å²) in [7, 11) is 2.22. The van der Waals surface area contributed by atoms with E-state index in [1.165, 1.54) is 44.2 Å². The smallest absolute Gasteiger partial charge is 0.248 e. The number of hydrogen-bond donors (Lipinski definition) is 2. The average Bonchev–Trinajstić information content (AvgIpc) is 2.88. The van der Waals surface area contributed by atoms with E-state index in [4.69, 9.17) is 5.73 Å². The second-order valence-electron chi connectivity index (χ2n) is 10.8. The standard InChI is InChI=1S/C32H37N3O/c1-35(16-15-25-17-26-19-27(18-25)20-26)22-24-9-7-23(8-10-24)11-14-32(36)34-31-21-29(12-13-30(31)33)28-5-3-2-4-6-28/h2-14,21,25-27H,15-20,22,33H2,1H3,(H,34,36)/b14-11+. The Morgan fingerprint density at radius 2 is 1.67 bits per heavy atom. The minimum absolute atomic E-state index is 0.198. The number of carbonyl (C=O) groups excluding carboxylic acids is 1. The molecule has 1 amide bonds. The van der Waals surface area contributed by atoms with Crippen LogP contribution < -0.4 is 11.1 Å². The molecule has 0 atom stereocenters. The Morgan fingerprint density at radius 3 is 2.39 bits per heavy atom. The fourth-order valence-corrected chi connectivity index (χ4v) is 5.88. The van der Waals surface area contributed by atoms with E-state index in [2.05, 4.69) is 41.5 Å². The summed E-state index contributed by atoms with van der Waals surface area (Å²) in [4.78, 5) is 15.0. The monoisotopic (exact) mass is 479 g/mol. The molecule has 0 aromatic heterocycles. The van der Waals surface area contributed by atoms with E-state index in [1.807, 2.05) is 54.6 Å². The first-order valence-electron chi connectivity index (χ1n) is 13.2. The minimum atomic E-state index is -0.198. The Morgan fingerprint density at radius 1 is 0.944 bits per heavy atom. The van der Waals surface area contributed by atoms with Gasteiger partial charge in [-0.2, -0.15) is 0 Å². The molecule has 4 nitrogen and oxygen atoms in total. The maximum atomic E-state index is 12.6. The molecular formula is C32H37N3O. The summed E-state index contributed by atoms with van der Waals surface area (Å²) in [5, 5.41) is 2.92. The normalized spacial score (nSPS) is 20.9. The molecule has 0 radical (unpaired) electrons. The third-order valence-electron chi connectivity index (χ3n) is 7.86. The number of nitrogen functional groups attached to an aromatic ring is 1. The first-order valence-corrected chi connectivity index (χ1v) is 13.2. The van der Waals surface area contributed by atoms with Gasteiger partial charge < -0.3 is 16.0 Å². The Hall–Kier alpha value is -3.37. The fraction of sp³-hybridized carbons (Fsp3) is 0.344. The number of carbonyl (C=O) groups is 1. The molecular weight excluding hydrogens is 442 g/mol. The zero-order chi connectivity index (χ0) is 24.9. The average molecular weight is 480 g/mol. The predicted octanol–water partition coefficient (Wildman–Crippen LogP) is 6.85. The molecule has 186 valence electrons. The molecule has 0 heterocycles. The molecule has 3 aliphatic carbocycles. The topological polar surface area (TPSA) is 58.4 Å². The van der Waals surface area contributed by atoms with E-state index in [0.717, 1.165) is 41.0 Å². The van der Waals surface area contributed by atoms with E-state index >= 15 is 0 Å². The lowest BCUT2D eigenvalue weighted by molar-refractivity contribution is -0.111. The van der Waals surface area contributed by atoms with Crippen molar-refractivity contribution in [3.63, 3.8) is 0 Å². The van der Waals surface area contributed by atoms with Crippen molar-refractivity contribution in [2.45, 2.75) is 38.6 Å². The quantitative estimate of drug-likeness (QED) is 0.261. The Balaban J connectivity index is 1.11. The molecule has 0 unspecified atom stereocenters. The van der Waals surface area contributed by atoms with Gasteiger partial charge >= 0.3 is 0 Å². The lowest BCUT2D eigenvalue weighted by Gasteiger charge is -2.45. The van der Waals surface area contributed by atoms with Crippen LogP contribution in [0.1, 0.15) is 43.2 Å². The number of benzene rings is 3. The van der Waals surface area contributed by atoms with Crippen LogP contribution in [0.2, 0.25) is 0 Å².